The van der Waals surface area contributed by atoms with E-state index in [1.54, 1.807) is 0 Å². The number of benzene rings is 2. The van der Waals surface area contributed by atoms with Gasteiger partial charge < -0.3 is 18.1 Å². The molecule has 0 saturated heterocycles. The van der Waals surface area contributed by atoms with Crippen molar-refractivity contribution in [2.45, 2.75) is 478 Å². The summed E-state index contributed by atoms with van der Waals surface area (Å²) in [4.78, 5) is 0. The van der Waals surface area contributed by atoms with Gasteiger partial charge in [-0.25, -0.2) is 0 Å². The molecule has 0 spiro atoms. The standard InChI is InChI=1S/C91H166O6P2/c1-7-11-15-19-23-27-31-35-39-43-47-51-55-59-65-83-67-63-69-89(81-83)96-98(92-79-61-57-53-49-45-41-37-33-29-25-21-17-13-9-3)94-87-75-71-85(72-76-87)91(5,6)86-73-77-88(78-74-86)95-99(93-80-62-58-54-50-46-42-38-34-30-26-22-18-14-10-4)97-90-70-64-68-84(82-90)66-60-56-52-48-44-40-36-32-28-24-20-16-12-8-2/h63-64,67-70,81-82,85-88H,7-62,65-66,71-80H2,1-6H3. The predicted molar refractivity (Wildman–Crippen MR) is 436 cm³/mol. The molecule has 2 fully saturated rings. The molecule has 0 heterocycles. The van der Waals surface area contributed by atoms with Crippen molar-refractivity contribution in [3.05, 3.63) is 59.7 Å². The van der Waals surface area contributed by atoms with Crippen molar-refractivity contribution < 1.29 is 27.1 Å². The van der Waals surface area contributed by atoms with E-state index in [9.17, 15) is 0 Å². The molecule has 0 aliphatic heterocycles. The number of hydrogen-bond acceptors (Lipinski definition) is 6. The zero-order valence-corrected chi connectivity index (χ0v) is 68.6. The first-order chi connectivity index (χ1) is 48.8. The second-order valence-corrected chi connectivity index (χ2v) is 34.7. The molecule has 2 aliphatic rings. The van der Waals surface area contributed by atoms with Crippen LogP contribution in [-0.2, 0) is 30.9 Å². The summed E-state index contributed by atoms with van der Waals surface area (Å²) in [7, 11) is -2.97. The van der Waals surface area contributed by atoms with Crippen molar-refractivity contribution in [3.8, 4) is 11.5 Å². The molecular weight excluding hydrogens is 1250 g/mol. The number of hydrogen-bond donors (Lipinski definition) is 0. The van der Waals surface area contributed by atoms with Crippen LogP contribution < -0.4 is 9.05 Å². The van der Waals surface area contributed by atoms with Crippen molar-refractivity contribution >= 4 is 17.2 Å². The second-order valence-electron chi connectivity index (χ2n) is 32.5. The highest BCUT2D eigenvalue weighted by Gasteiger charge is 2.42. The summed E-state index contributed by atoms with van der Waals surface area (Å²) < 4.78 is 40.8. The van der Waals surface area contributed by atoms with E-state index < -0.39 is 17.2 Å². The summed E-state index contributed by atoms with van der Waals surface area (Å²) in [6.45, 7) is 15.9. The molecule has 4 rings (SSSR count). The lowest BCUT2D eigenvalue weighted by molar-refractivity contribution is 0.00601. The van der Waals surface area contributed by atoms with Crippen LogP contribution in [0.1, 0.15) is 464 Å². The molecule has 0 bridgehead atoms. The molecule has 6 nitrogen and oxygen atoms in total. The van der Waals surface area contributed by atoms with E-state index >= 15 is 0 Å². The third-order valence-electron chi connectivity index (χ3n) is 23.1. The van der Waals surface area contributed by atoms with E-state index in [-0.39, 0.29) is 17.6 Å². The van der Waals surface area contributed by atoms with Crippen molar-refractivity contribution in [3.63, 3.8) is 0 Å². The van der Waals surface area contributed by atoms with Crippen molar-refractivity contribution in [1.29, 1.82) is 0 Å². The smallest absolute Gasteiger partial charge is 0.397 e. The van der Waals surface area contributed by atoms with Crippen molar-refractivity contribution in [1.82, 2.24) is 0 Å². The van der Waals surface area contributed by atoms with Gasteiger partial charge in [0.1, 0.15) is 11.5 Å². The van der Waals surface area contributed by atoms with Gasteiger partial charge in [-0.3, -0.25) is 9.05 Å². The predicted octanol–water partition coefficient (Wildman–Crippen LogP) is 32.8. The molecule has 0 amide bonds. The van der Waals surface area contributed by atoms with Gasteiger partial charge in [-0.2, -0.15) is 0 Å². The molecular formula is C91H166O6P2. The van der Waals surface area contributed by atoms with E-state index in [4.69, 9.17) is 27.1 Å². The average Bonchev–Trinajstić information content (AvgIpc) is 0.806. The van der Waals surface area contributed by atoms with Gasteiger partial charge >= 0.3 is 17.2 Å². The summed E-state index contributed by atoms with van der Waals surface area (Å²) in [5.41, 5.74) is 3.01. The van der Waals surface area contributed by atoms with Crippen LogP contribution in [0.5, 0.6) is 11.5 Å². The Bertz CT molecular complexity index is 1880. The summed E-state index contributed by atoms with van der Waals surface area (Å²) in [6.07, 6.45) is 88.8. The van der Waals surface area contributed by atoms with Crippen LogP contribution in [0.3, 0.4) is 0 Å². The minimum atomic E-state index is -1.49. The Balaban J connectivity index is 1.23. The van der Waals surface area contributed by atoms with Gasteiger partial charge in [0.05, 0.1) is 25.4 Å². The molecule has 2 atom stereocenters. The van der Waals surface area contributed by atoms with Crippen LogP contribution in [0.25, 0.3) is 0 Å². The van der Waals surface area contributed by atoms with Gasteiger partial charge in [-0.15, -0.1) is 0 Å². The van der Waals surface area contributed by atoms with E-state index in [2.05, 4.69) is 90.1 Å². The maximum absolute atomic E-state index is 6.97. The molecule has 2 saturated carbocycles. The van der Waals surface area contributed by atoms with Crippen LogP contribution >= 0.6 is 17.2 Å². The lowest BCUT2D eigenvalue weighted by atomic mass is 9.60. The number of unbranched alkanes of at least 4 members (excludes halogenated alkanes) is 52. The fourth-order valence-corrected chi connectivity index (χ4v) is 18.5. The largest absolute Gasteiger partial charge is 0.427 e. The van der Waals surface area contributed by atoms with Crippen LogP contribution in [0.4, 0.5) is 0 Å². The Labute approximate surface area is 620 Å². The molecule has 0 N–H and O–H groups in total. The maximum atomic E-state index is 6.97. The van der Waals surface area contributed by atoms with Gasteiger partial charge in [-0.05, 0) is 143 Å². The fourth-order valence-electron chi connectivity index (χ4n) is 16.2. The van der Waals surface area contributed by atoms with E-state index in [1.165, 1.54) is 384 Å². The first kappa shape index (κ1) is 90.1. The van der Waals surface area contributed by atoms with Gasteiger partial charge in [0.2, 0.25) is 0 Å². The number of aryl methyl sites for hydroxylation is 2. The number of rotatable bonds is 72. The molecule has 2 unspecified atom stereocenters. The van der Waals surface area contributed by atoms with E-state index in [0.717, 1.165) is 62.9 Å². The zero-order valence-electron chi connectivity index (χ0n) is 66.9. The van der Waals surface area contributed by atoms with Crippen LogP contribution in [0.15, 0.2) is 48.5 Å². The average molecular weight is 1420 g/mol. The molecule has 0 aromatic heterocycles. The maximum Gasteiger partial charge on any atom is 0.397 e. The Morgan fingerprint density at radius 3 is 0.747 bits per heavy atom. The van der Waals surface area contributed by atoms with E-state index in [0.29, 0.717) is 25.0 Å². The molecule has 8 heteroatoms. The van der Waals surface area contributed by atoms with Gasteiger partial charge in [-0.1, -0.05) is 400 Å². The lowest BCUT2D eigenvalue weighted by Crippen LogP contribution is -2.38. The highest BCUT2D eigenvalue weighted by molar-refractivity contribution is 7.42. The first-order valence-corrected chi connectivity index (χ1v) is 46.8. The molecule has 2 aliphatic carbocycles. The Kier molecular flexibility index (Phi) is 59.2. The summed E-state index contributed by atoms with van der Waals surface area (Å²) >= 11 is 0. The molecule has 2 aromatic rings. The van der Waals surface area contributed by atoms with Gasteiger partial charge in [0.25, 0.3) is 0 Å². The summed E-state index contributed by atoms with van der Waals surface area (Å²) in [5, 5.41) is 0. The summed E-state index contributed by atoms with van der Waals surface area (Å²) in [6, 6.07) is 17.8. The highest BCUT2D eigenvalue weighted by Crippen LogP contribution is 2.53. The highest BCUT2D eigenvalue weighted by atomic mass is 31.2. The zero-order chi connectivity index (χ0) is 70.3. The van der Waals surface area contributed by atoms with Crippen molar-refractivity contribution in [2.24, 2.45) is 17.3 Å². The quantitative estimate of drug-likeness (QED) is 0.0486. The normalized spacial score (nSPS) is 17.4. The summed E-state index contributed by atoms with van der Waals surface area (Å²) in [5.74, 6) is 3.19. The van der Waals surface area contributed by atoms with E-state index in [1.807, 2.05) is 0 Å². The molecule has 2 aromatic carbocycles. The van der Waals surface area contributed by atoms with Gasteiger partial charge in [0.15, 0.2) is 0 Å². The molecule has 0 radical (unpaired) electrons. The fraction of sp³-hybridized carbons (Fsp3) is 0.868. The first-order valence-electron chi connectivity index (χ1n) is 44.6. The minimum Gasteiger partial charge on any atom is -0.427 e. The Morgan fingerprint density at radius 1 is 0.283 bits per heavy atom. The lowest BCUT2D eigenvalue weighted by Gasteiger charge is -2.46. The third-order valence-corrected chi connectivity index (χ3v) is 25.6. The molecule has 99 heavy (non-hydrogen) atoms. The topological polar surface area (TPSA) is 55.4 Å². The third kappa shape index (κ3) is 49.3. The van der Waals surface area contributed by atoms with Crippen LogP contribution in [0, 0.1) is 17.3 Å². The van der Waals surface area contributed by atoms with Gasteiger partial charge in [0, 0.05) is 0 Å². The minimum absolute atomic E-state index is 0.177. The second kappa shape index (κ2) is 65.1. The SMILES string of the molecule is CCCCCCCCCCCCCCCCOP(Oc1cccc(CCCCCCCCCCCCCCCC)c1)OC1CCC(C(C)(C)C2CCC(OP(OCCCCCCCCCCCCCCCC)Oc3cccc(CCCCCCCCCCCCCCCC)c3)CC2)CC1. The Hall–Kier alpha value is -1.26. The molecule has 576 valence electrons. The van der Waals surface area contributed by atoms with Crippen LogP contribution in [-0.4, -0.2) is 25.4 Å². The Morgan fingerprint density at radius 2 is 0.505 bits per heavy atom. The van der Waals surface area contributed by atoms with Crippen LogP contribution in [0.2, 0.25) is 0 Å². The monoisotopic (exact) mass is 1420 g/mol. The van der Waals surface area contributed by atoms with Crippen molar-refractivity contribution in [2.75, 3.05) is 13.2 Å².